The summed E-state index contributed by atoms with van der Waals surface area (Å²) in [6.45, 7) is 1.29. The highest BCUT2D eigenvalue weighted by Crippen LogP contribution is 2.45. The van der Waals surface area contributed by atoms with Crippen molar-refractivity contribution >= 4 is 29.1 Å². The minimum Gasteiger partial charge on any atom is -0.481 e. The van der Waals surface area contributed by atoms with Crippen LogP contribution in [0.2, 0.25) is 0 Å². The molecule has 24 heavy (non-hydrogen) atoms. The number of nitrogens with zero attached hydrogens (tertiary/aromatic N) is 2. The summed E-state index contributed by atoms with van der Waals surface area (Å²) in [5.74, 6) is -1.19. The first-order valence-corrected chi connectivity index (χ1v) is 9.25. The number of hydrogen-bond donors (Lipinski definition) is 1. The van der Waals surface area contributed by atoms with Gasteiger partial charge in [-0.2, -0.15) is 11.3 Å². The minimum atomic E-state index is -1.13. The van der Waals surface area contributed by atoms with Gasteiger partial charge in [0.05, 0.1) is 12.3 Å². The second-order valence-corrected chi connectivity index (χ2v) is 8.04. The standard InChI is InChI=1S/C17H20N2O4S/c20-14(5-12-3-4-24-8-12)18-7-13-15(21)19(6-11-1-2-11)10-17(13,9-18)16(22)23/h3-4,8,11,13H,1-2,5-7,9-10H2,(H,22,23)/t13-,17-/m0/s1. The SMILES string of the molecule is O=C(Cc1ccsc1)N1C[C@H]2C(=O)N(CC3CC3)C[C@@]2(C(=O)O)C1. The van der Waals surface area contributed by atoms with Gasteiger partial charge in [0.25, 0.3) is 0 Å². The van der Waals surface area contributed by atoms with Crippen LogP contribution in [-0.2, 0) is 20.8 Å². The van der Waals surface area contributed by atoms with Crippen LogP contribution in [0.3, 0.4) is 0 Å². The van der Waals surface area contributed by atoms with Crippen LogP contribution in [0.4, 0.5) is 0 Å². The molecule has 1 N–H and O–H groups in total. The van der Waals surface area contributed by atoms with E-state index in [0.29, 0.717) is 12.5 Å². The van der Waals surface area contributed by atoms with Crippen molar-refractivity contribution in [2.45, 2.75) is 19.3 Å². The van der Waals surface area contributed by atoms with Crippen LogP contribution in [-0.4, -0.2) is 58.9 Å². The second-order valence-electron chi connectivity index (χ2n) is 7.26. The third-order valence-electron chi connectivity index (χ3n) is 5.52. The van der Waals surface area contributed by atoms with E-state index in [0.717, 1.165) is 18.4 Å². The fourth-order valence-corrected chi connectivity index (χ4v) is 4.61. The fraction of sp³-hybridized carbons (Fsp3) is 0.588. The van der Waals surface area contributed by atoms with Gasteiger partial charge < -0.3 is 14.9 Å². The number of carboxylic acid groups (broad SMARTS) is 1. The maximum Gasteiger partial charge on any atom is 0.314 e. The number of aliphatic carboxylic acids is 1. The molecule has 3 fully saturated rings. The van der Waals surface area contributed by atoms with Crippen molar-refractivity contribution in [3.05, 3.63) is 22.4 Å². The van der Waals surface area contributed by atoms with Gasteiger partial charge in [0, 0.05) is 26.2 Å². The van der Waals surface area contributed by atoms with Gasteiger partial charge in [-0.25, -0.2) is 0 Å². The Morgan fingerprint density at radius 1 is 1.33 bits per heavy atom. The zero-order chi connectivity index (χ0) is 16.9. The lowest BCUT2D eigenvalue weighted by Gasteiger charge is -2.25. The van der Waals surface area contributed by atoms with Crippen molar-refractivity contribution in [1.82, 2.24) is 9.80 Å². The Balaban J connectivity index is 1.50. The number of rotatable bonds is 5. The maximum atomic E-state index is 12.7. The minimum absolute atomic E-state index is 0.0878. The third kappa shape index (κ3) is 2.51. The molecule has 2 aliphatic heterocycles. The molecule has 2 amide bonds. The number of fused-ring (bicyclic) bond motifs is 1. The molecular formula is C17H20N2O4S. The summed E-state index contributed by atoms with van der Waals surface area (Å²) in [7, 11) is 0. The molecular weight excluding hydrogens is 328 g/mol. The molecule has 0 bridgehead atoms. The highest BCUT2D eigenvalue weighted by atomic mass is 32.1. The normalized spacial score (nSPS) is 29.2. The van der Waals surface area contributed by atoms with Crippen molar-refractivity contribution in [3.63, 3.8) is 0 Å². The molecule has 2 atom stereocenters. The Bertz CT molecular complexity index is 685. The zero-order valence-electron chi connectivity index (χ0n) is 13.3. The first-order chi connectivity index (χ1) is 11.5. The molecule has 4 rings (SSSR count). The molecule has 0 aromatic carbocycles. The number of thiophene rings is 1. The van der Waals surface area contributed by atoms with E-state index >= 15 is 0 Å². The van der Waals surface area contributed by atoms with Gasteiger partial charge >= 0.3 is 5.97 Å². The van der Waals surface area contributed by atoms with Crippen molar-refractivity contribution in [3.8, 4) is 0 Å². The molecule has 3 aliphatic rings. The van der Waals surface area contributed by atoms with Crippen LogP contribution >= 0.6 is 11.3 Å². The predicted molar refractivity (Wildman–Crippen MR) is 87.5 cm³/mol. The second kappa shape index (κ2) is 5.58. The van der Waals surface area contributed by atoms with Crippen molar-refractivity contribution in [2.75, 3.05) is 26.2 Å². The van der Waals surface area contributed by atoms with Gasteiger partial charge in [0.1, 0.15) is 5.41 Å². The number of carbonyl (C=O) groups excluding carboxylic acids is 2. The van der Waals surface area contributed by atoms with E-state index in [2.05, 4.69) is 0 Å². The summed E-state index contributed by atoms with van der Waals surface area (Å²) in [5, 5.41) is 13.6. The van der Waals surface area contributed by atoms with Gasteiger partial charge in [-0.1, -0.05) is 0 Å². The Labute approximate surface area is 144 Å². The third-order valence-corrected chi connectivity index (χ3v) is 6.25. The first-order valence-electron chi connectivity index (χ1n) is 8.30. The summed E-state index contributed by atoms with van der Waals surface area (Å²) in [6, 6.07) is 1.90. The number of likely N-dealkylation sites (tertiary alicyclic amines) is 2. The van der Waals surface area contributed by atoms with Crippen molar-refractivity contribution in [2.24, 2.45) is 17.3 Å². The highest BCUT2D eigenvalue weighted by molar-refractivity contribution is 7.08. The zero-order valence-corrected chi connectivity index (χ0v) is 14.1. The molecule has 0 radical (unpaired) electrons. The van der Waals surface area contributed by atoms with Gasteiger partial charge in [0.2, 0.25) is 11.8 Å². The van der Waals surface area contributed by atoms with Crippen LogP contribution in [0, 0.1) is 17.3 Å². The fourth-order valence-electron chi connectivity index (χ4n) is 3.94. The lowest BCUT2D eigenvalue weighted by atomic mass is 9.81. The molecule has 6 nitrogen and oxygen atoms in total. The van der Waals surface area contributed by atoms with Gasteiger partial charge in [0.15, 0.2) is 0 Å². The highest BCUT2D eigenvalue weighted by Gasteiger charge is 2.63. The van der Waals surface area contributed by atoms with Crippen molar-refractivity contribution in [1.29, 1.82) is 0 Å². The predicted octanol–water partition coefficient (Wildman–Crippen LogP) is 1.07. The molecule has 1 aliphatic carbocycles. The van der Waals surface area contributed by atoms with E-state index in [4.69, 9.17) is 0 Å². The number of carbonyl (C=O) groups is 3. The molecule has 1 aromatic heterocycles. The lowest BCUT2D eigenvalue weighted by Crippen LogP contribution is -2.42. The molecule has 3 heterocycles. The quantitative estimate of drug-likeness (QED) is 0.863. The number of hydrogen-bond acceptors (Lipinski definition) is 4. The van der Waals surface area contributed by atoms with Gasteiger partial charge in [-0.05, 0) is 41.1 Å². The van der Waals surface area contributed by atoms with E-state index in [1.165, 1.54) is 11.3 Å². The lowest BCUT2D eigenvalue weighted by molar-refractivity contribution is -0.150. The maximum absolute atomic E-state index is 12.7. The number of amides is 2. The molecule has 1 saturated carbocycles. The Morgan fingerprint density at radius 3 is 2.71 bits per heavy atom. The van der Waals surface area contributed by atoms with Crippen LogP contribution in [0.15, 0.2) is 16.8 Å². The molecule has 128 valence electrons. The average Bonchev–Trinajstić information content (AvgIpc) is 2.96. The summed E-state index contributed by atoms with van der Waals surface area (Å²) in [5.41, 5.74) is -0.191. The summed E-state index contributed by atoms with van der Waals surface area (Å²) in [6.07, 6.45) is 2.52. The van der Waals surface area contributed by atoms with E-state index in [1.54, 1.807) is 9.80 Å². The van der Waals surface area contributed by atoms with E-state index in [-0.39, 0.29) is 37.9 Å². The Hall–Kier alpha value is -1.89. The molecule has 1 aromatic rings. The van der Waals surface area contributed by atoms with Crippen LogP contribution in [0.1, 0.15) is 18.4 Å². The van der Waals surface area contributed by atoms with Gasteiger partial charge in [-0.3, -0.25) is 14.4 Å². The van der Waals surface area contributed by atoms with Crippen LogP contribution < -0.4 is 0 Å². The van der Waals surface area contributed by atoms with Crippen molar-refractivity contribution < 1.29 is 19.5 Å². The largest absolute Gasteiger partial charge is 0.481 e. The monoisotopic (exact) mass is 348 g/mol. The van der Waals surface area contributed by atoms with Crippen LogP contribution in [0.5, 0.6) is 0 Å². The number of carboxylic acids is 1. The van der Waals surface area contributed by atoms with E-state index < -0.39 is 17.3 Å². The molecule has 7 heteroatoms. The van der Waals surface area contributed by atoms with Crippen LogP contribution in [0.25, 0.3) is 0 Å². The molecule has 0 spiro atoms. The average molecular weight is 348 g/mol. The summed E-state index contributed by atoms with van der Waals surface area (Å²) >= 11 is 1.53. The van der Waals surface area contributed by atoms with Gasteiger partial charge in [-0.15, -0.1) is 0 Å². The molecule has 2 saturated heterocycles. The smallest absolute Gasteiger partial charge is 0.314 e. The first kappa shape index (κ1) is 15.6. The van der Waals surface area contributed by atoms with E-state index in [1.807, 2.05) is 16.8 Å². The Morgan fingerprint density at radius 2 is 2.12 bits per heavy atom. The topological polar surface area (TPSA) is 77.9 Å². The van der Waals surface area contributed by atoms with E-state index in [9.17, 15) is 19.5 Å². The Kier molecular flexibility index (Phi) is 3.63. The molecule has 0 unspecified atom stereocenters. The summed E-state index contributed by atoms with van der Waals surface area (Å²) in [4.78, 5) is 40.4. The summed E-state index contributed by atoms with van der Waals surface area (Å²) < 4.78 is 0.